The van der Waals surface area contributed by atoms with E-state index < -0.39 is 0 Å². The van der Waals surface area contributed by atoms with Crippen LogP contribution in [-0.4, -0.2) is 61.7 Å². The zero-order valence-corrected chi connectivity index (χ0v) is 11.1. The Morgan fingerprint density at radius 1 is 1.31 bits per heavy atom. The molecule has 0 spiro atoms. The average molecular weight is 225 g/mol. The van der Waals surface area contributed by atoms with E-state index in [2.05, 4.69) is 36.0 Å². The highest BCUT2D eigenvalue weighted by Crippen LogP contribution is 2.32. The molecule has 1 aliphatic heterocycles. The van der Waals surface area contributed by atoms with Gasteiger partial charge in [-0.1, -0.05) is 0 Å². The Hall–Kier alpha value is -0.120. The average Bonchev–Trinajstić information content (AvgIpc) is 3.07. The molecule has 0 aromatic heterocycles. The normalized spacial score (nSPS) is 30.6. The second-order valence-corrected chi connectivity index (χ2v) is 5.71. The number of hydrogen-bond acceptors (Lipinski definition) is 3. The predicted octanol–water partition coefficient (Wildman–Crippen LogP) is 1.01. The van der Waals surface area contributed by atoms with Crippen LogP contribution in [0.3, 0.4) is 0 Å². The second-order valence-electron chi connectivity index (χ2n) is 5.71. The van der Waals surface area contributed by atoms with Crippen LogP contribution < -0.4 is 5.32 Å². The van der Waals surface area contributed by atoms with E-state index in [4.69, 9.17) is 0 Å². The van der Waals surface area contributed by atoms with Gasteiger partial charge in [-0.25, -0.2) is 0 Å². The summed E-state index contributed by atoms with van der Waals surface area (Å²) in [6.45, 7) is 10.7. The van der Waals surface area contributed by atoms with Gasteiger partial charge in [0.15, 0.2) is 0 Å². The molecule has 0 bridgehead atoms. The summed E-state index contributed by atoms with van der Waals surface area (Å²) in [7, 11) is 2.23. The Labute approximate surface area is 100 Å². The summed E-state index contributed by atoms with van der Waals surface area (Å²) < 4.78 is 0. The predicted molar refractivity (Wildman–Crippen MR) is 68.7 cm³/mol. The van der Waals surface area contributed by atoms with Crippen LogP contribution in [0.5, 0.6) is 0 Å². The summed E-state index contributed by atoms with van der Waals surface area (Å²) >= 11 is 0. The Morgan fingerprint density at radius 3 is 2.69 bits per heavy atom. The minimum Gasteiger partial charge on any atom is -0.313 e. The molecule has 2 atom stereocenters. The first-order chi connectivity index (χ1) is 7.66. The number of likely N-dealkylation sites (N-methyl/N-ethyl adjacent to an activating group) is 1. The van der Waals surface area contributed by atoms with E-state index in [-0.39, 0.29) is 0 Å². The molecule has 3 heteroatoms. The van der Waals surface area contributed by atoms with Gasteiger partial charge in [-0.15, -0.1) is 0 Å². The van der Waals surface area contributed by atoms with Gasteiger partial charge in [0.2, 0.25) is 0 Å². The maximum absolute atomic E-state index is 3.66. The summed E-state index contributed by atoms with van der Waals surface area (Å²) in [4.78, 5) is 5.05. The van der Waals surface area contributed by atoms with Crippen LogP contribution in [0.15, 0.2) is 0 Å². The summed E-state index contributed by atoms with van der Waals surface area (Å²) in [5.74, 6) is 0.978. The van der Waals surface area contributed by atoms with Crippen LogP contribution in [-0.2, 0) is 0 Å². The van der Waals surface area contributed by atoms with E-state index in [1.165, 1.54) is 39.0 Å². The quantitative estimate of drug-likeness (QED) is 0.753. The van der Waals surface area contributed by atoms with E-state index in [0.29, 0.717) is 0 Å². The highest BCUT2D eigenvalue weighted by molar-refractivity contribution is 4.84. The maximum atomic E-state index is 3.66. The van der Waals surface area contributed by atoms with Gasteiger partial charge in [-0.05, 0) is 39.7 Å². The lowest BCUT2D eigenvalue weighted by molar-refractivity contribution is 0.105. The first-order valence-electron chi connectivity index (χ1n) is 6.83. The van der Waals surface area contributed by atoms with Crippen LogP contribution in [0.2, 0.25) is 0 Å². The molecule has 0 radical (unpaired) electrons. The van der Waals surface area contributed by atoms with Gasteiger partial charge in [-0.2, -0.15) is 0 Å². The highest BCUT2D eigenvalue weighted by atomic mass is 15.3. The standard InChI is InChI=1S/C13H27N3/c1-11-10-16(9-8-15(11)3)7-6-14-12(2)13-4-5-13/h11-14H,4-10H2,1-3H3. The Morgan fingerprint density at radius 2 is 2.06 bits per heavy atom. The molecule has 0 amide bonds. The topological polar surface area (TPSA) is 18.5 Å². The molecule has 2 unspecified atom stereocenters. The first kappa shape index (κ1) is 12.3. The molecule has 2 rings (SSSR count). The number of nitrogens with one attached hydrogen (secondary N) is 1. The second kappa shape index (κ2) is 5.48. The van der Waals surface area contributed by atoms with Gasteiger partial charge in [0.05, 0.1) is 0 Å². The number of hydrogen-bond donors (Lipinski definition) is 1. The number of nitrogens with zero attached hydrogens (tertiary/aromatic N) is 2. The van der Waals surface area contributed by atoms with Gasteiger partial charge >= 0.3 is 0 Å². The number of rotatable bonds is 5. The molecule has 2 fully saturated rings. The fourth-order valence-corrected chi connectivity index (χ4v) is 2.54. The van der Waals surface area contributed by atoms with Crippen LogP contribution in [0.1, 0.15) is 26.7 Å². The first-order valence-corrected chi connectivity index (χ1v) is 6.83. The van der Waals surface area contributed by atoms with Crippen molar-refractivity contribution in [2.24, 2.45) is 5.92 Å². The molecular weight excluding hydrogens is 198 g/mol. The zero-order chi connectivity index (χ0) is 11.5. The molecule has 2 aliphatic rings. The van der Waals surface area contributed by atoms with Gasteiger partial charge in [-0.3, -0.25) is 4.90 Å². The SMILES string of the molecule is CC(NCCN1CCN(C)C(C)C1)C1CC1. The van der Waals surface area contributed by atoms with Crippen molar-refractivity contribution in [3.63, 3.8) is 0 Å². The third-order valence-electron chi connectivity index (χ3n) is 4.27. The summed E-state index contributed by atoms with van der Waals surface area (Å²) in [5, 5.41) is 3.66. The number of piperazine rings is 1. The minimum atomic E-state index is 0.717. The van der Waals surface area contributed by atoms with E-state index >= 15 is 0 Å². The Kier molecular flexibility index (Phi) is 4.22. The molecule has 3 nitrogen and oxygen atoms in total. The maximum Gasteiger partial charge on any atom is 0.0192 e. The van der Waals surface area contributed by atoms with Gasteiger partial charge in [0.1, 0.15) is 0 Å². The zero-order valence-electron chi connectivity index (χ0n) is 11.1. The molecule has 0 aromatic carbocycles. The third-order valence-corrected chi connectivity index (χ3v) is 4.27. The molecule has 0 aromatic rings. The van der Waals surface area contributed by atoms with Crippen LogP contribution in [0, 0.1) is 5.92 Å². The smallest absolute Gasteiger partial charge is 0.0192 e. The van der Waals surface area contributed by atoms with Crippen LogP contribution in [0.4, 0.5) is 0 Å². The molecule has 1 heterocycles. The molecule has 1 aliphatic carbocycles. The van der Waals surface area contributed by atoms with E-state index in [1.54, 1.807) is 0 Å². The summed E-state index contributed by atoms with van der Waals surface area (Å²) in [6, 6.07) is 1.46. The summed E-state index contributed by atoms with van der Waals surface area (Å²) in [6.07, 6.45) is 2.89. The molecule has 1 saturated carbocycles. The molecular formula is C13H27N3. The fourth-order valence-electron chi connectivity index (χ4n) is 2.54. The van der Waals surface area contributed by atoms with Crippen molar-refractivity contribution in [1.29, 1.82) is 0 Å². The fraction of sp³-hybridized carbons (Fsp3) is 1.00. The largest absolute Gasteiger partial charge is 0.313 e. The van der Waals surface area contributed by atoms with E-state index in [9.17, 15) is 0 Å². The lowest BCUT2D eigenvalue weighted by atomic mass is 10.2. The van der Waals surface area contributed by atoms with Crippen molar-refractivity contribution >= 4 is 0 Å². The Bertz CT molecular complexity index is 215. The van der Waals surface area contributed by atoms with Crippen LogP contribution >= 0.6 is 0 Å². The minimum absolute atomic E-state index is 0.717. The molecule has 94 valence electrons. The van der Waals surface area contributed by atoms with Crippen LogP contribution in [0.25, 0.3) is 0 Å². The van der Waals surface area contributed by atoms with Gasteiger partial charge in [0.25, 0.3) is 0 Å². The third kappa shape index (κ3) is 3.44. The highest BCUT2D eigenvalue weighted by Gasteiger charge is 2.27. The van der Waals surface area contributed by atoms with Crippen molar-refractivity contribution in [2.45, 2.75) is 38.8 Å². The lowest BCUT2D eigenvalue weighted by Crippen LogP contribution is -2.51. The molecule has 16 heavy (non-hydrogen) atoms. The summed E-state index contributed by atoms with van der Waals surface area (Å²) in [5.41, 5.74) is 0. The van der Waals surface area contributed by atoms with E-state index in [1.807, 2.05) is 0 Å². The van der Waals surface area contributed by atoms with Gasteiger partial charge < -0.3 is 10.2 Å². The van der Waals surface area contributed by atoms with Crippen molar-refractivity contribution in [3.8, 4) is 0 Å². The monoisotopic (exact) mass is 225 g/mol. The van der Waals surface area contributed by atoms with Crippen molar-refractivity contribution in [2.75, 3.05) is 39.8 Å². The van der Waals surface area contributed by atoms with Gasteiger partial charge in [0, 0.05) is 44.8 Å². The van der Waals surface area contributed by atoms with E-state index in [0.717, 1.165) is 24.5 Å². The van der Waals surface area contributed by atoms with Crippen molar-refractivity contribution < 1.29 is 0 Å². The molecule has 1 saturated heterocycles. The van der Waals surface area contributed by atoms with Crippen molar-refractivity contribution in [1.82, 2.24) is 15.1 Å². The lowest BCUT2D eigenvalue weighted by Gasteiger charge is -2.37. The Balaban J connectivity index is 1.59. The molecule has 1 N–H and O–H groups in total. The van der Waals surface area contributed by atoms with Crippen molar-refractivity contribution in [3.05, 3.63) is 0 Å².